The molecule has 0 aliphatic carbocycles. The molecule has 2 heterocycles. The lowest BCUT2D eigenvalue weighted by atomic mass is 9.67. The summed E-state index contributed by atoms with van der Waals surface area (Å²) in [7, 11) is 0. The van der Waals surface area contributed by atoms with Gasteiger partial charge in [0.1, 0.15) is 12.7 Å². The second-order valence-electron chi connectivity index (χ2n) is 13.0. The number of esters is 1. The minimum Gasteiger partial charge on any atom is -0.463 e. The summed E-state index contributed by atoms with van der Waals surface area (Å²) < 4.78 is 18.3. The molecule has 39 heavy (non-hydrogen) atoms. The topological polar surface area (TPSA) is 67.9 Å². The minimum absolute atomic E-state index is 0.0897. The Hall–Kier alpha value is -0.690. The van der Waals surface area contributed by atoms with Gasteiger partial charge in [0, 0.05) is 18.8 Å². The van der Waals surface area contributed by atoms with Crippen molar-refractivity contribution in [3.63, 3.8) is 0 Å². The van der Waals surface area contributed by atoms with Gasteiger partial charge in [0.25, 0.3) is 0 Å². The van der Waals surface area contributed by atoms with E-state index in [0.29, 0.717) is 19.4 Å². The van der Waals surface area contributed by atoms with Crippen LogP contribution in [0.3, 0.4) is 0 Å². The number of hydroxylamine groups is 2. The van der Waals surface area contributed by atoms with E-state index in [4.69, 9.17) is 14.2 Å². The molecule has 0 N–H and O–H groups in total. The van der Waals surface area contributed by atoms with Crippen molar-refractivity contribution < 1.29 is 24.2 Å². The number of nitrogens with zero attached hydrogens (tertiary/aromatic N) is 1. The van der Waals surface area contributed by atoms with Crippen molar-refractivity contribution in [1.82, 2.24) is 5.06 Å². The summed E-state index contributed by atoms with van der Waals surface area (Å²) in [5.74, 6) is -1.04. The van der Waals surface area contributed by atoms with Gasteiger partial charge in [0.15, 0.2) is 5.79 Å². The number of hydrogen-bond acceptors (Lipinski definition) is 5. The Balaban J connectivity index is 1.54. The molecule has 2 rings (SSSR count). The van der Waals surface area contributed by atoms with Crippen LogP contribution in [-0.2, 0) is 24.2 Å². The molecule has 1 radical (unpaired) electrons. The molecule has 0 aromatic rings. The first-order valence-electron chi connectivity index (χ1n) is 16.6. The molecule has 6 nitrogen and oxygen atoms in total. The fraction of sp³-hybridized carbons (Fsp3) is 0.970. The zero-order chi connectivity index (χ0) is 28.8. The van der Waals surface area contributed by atoms with Crippen LogP contribution < -0.4 is 0 Å². The van der Waals surface area contributed by atoms with Crippen LogP contribution in [0.25, 0.3) is 0 Å². The number of unbranched alkanes of at least 4 members (excludes halogenated alkanes) is 14. The fourth-order valence-corrected chi connectivity index (χ4v) is 6.63. The molecule has 0 amide bonds. The maximum absolute atomic E-state index is 13.3. The highest BCUT2D eigenvalue weighted by Gasteiger charge is 2.64. The maximum atomic E-state index is 13.3. The van der Waals surface area contributed by atoms with Crippen molar-refractivity contribution in [3.05, 3.63) is 0 Å². The highest BCUT2D eigenvalue weighted by atomic mass is 16.8. The van der Waals surface area contributed by atoms with E-state index in [1.807, 2.05) is 13.8 Å². The summed E-state index contributed by atoms with van der Waals surface area (Å²) in [6.45, 7) is 13.1. The highest BCUT2D eigenvalue weighted by molar-refractivity contribution is 5.69. The van der Waals surface area contributed by atoms with Crippen LogP contribution in [0.15, 0.2) is 0 Å². The first-order valence-corrected chi connectivity index (χ1v) is 16.6. The van der Waals surface area contributed by atoms with E-state index in [1.165, 1.54) is 88.5 Å². The summed E-state index contributed by atoms with van der Waals surface area (Å²) in [5.41, 5.74) is -1.11. The normalized spacial score (nSPS) is 31.3. The highest BCUT2D eigenvalue weighted by Crippen LogP contribution is 2.53. The zero-order valence-electron chi connectivity index (χ0n) is 26.5. The molecule has 1 spiro atoms. The summed E-state index contributed by atoms with van der Waals surface area (Å²) in [5, 5.41) is 14.6. The molecule has 5 atom stereocenters. The molecule has 5 unspecified atom stereocenters. The van der Waals surface area contributed by atoms with Crippen LogP contribution in [0.1, 0.15) is 164 Å². The molecule has 0 bridgehead atoms. The van der Waals surface area contributed by atoms with Crippen LogP contribution in [0.5, 0.6) is 0 Å². The van der Waals surface area contributed by atoms with Crippen LogP contribution in [0.2, 0.25) is 0 Å². The number of carbonyl (C=O) groups is 1. The van der Waals surface area contributed by atoms with Gasteiger partial charge in [0.2, 0.25) is 0 Å². The van der Waals surface area contributed by atoms with Gasteiger partial charge in [-0.1, -0.05) is 118 Å². The SMILES string of the molecule is CCCCCCCCCCCCCCCCCC(=O)OCC1COC2(CC(C)(CC)N([O])C(C)(CC)C2C)O1. The van der Waals surface area contributed by atoms with Gasteiger partial charge in [-0.15, -0.1) is 10.3 Å². The zero-order valence-corrected chi connectivity index (χ0v) is 26.5. The lowest BCUT2D eigenvalue weighted by Crippen LogP contribution is -2.70. The Bertz CT molecular complexity index is 689. The molecule has 2 saturated heterocycles. The number of hydrogen-bond donors (Lipinski definition) is 0. The molecule has 2 aliphatic rings. The Kier molecular flexibility index (Phi) is 15.3. The molecule has 0 aromatic carbocycles. The Labute approximate surface area is 240 Å². The molecule has 6 heteroatoms. The summed E-state index contributed by atoms with van der Waals surface area (Å²) >= 11 is 0. The van der Waals surface area contributed by atoms with Gasteiger partial charge in [-0.25, -0.2) is 0 Å². The number of piperidine rings is 1. The first-order chi connectivity index (χ1) is 18.7. The maximum Gasteiger partial charge on any atom is 0.305 e. The molecule has 2 aliphatic heterocycles. The van der Waals surface area contributed by atoms with Gasteiger partial charge in [-0.05, 0) is 33.1 Å². The summed E-state index contributed by atoms with van der Waals surface area (Å²) in [6.07, 6.45) is 21.9. The van der Waals surface area contributed by atoms with Crippen LogP contribution in [-0.4, -0.2) is 47.2 Å². The van der Waals surface area contributed by atoms with Gasteiger partial charge in [-0.2, -0.15) is 0 Å². The Morgan fingerprint density at radius 3 is 1.82 bits per heavy atom. The third-order valence-corrected chi connectivity index (χ3v) is 9.95. The molecular weight excluding hydrogens is 490 g/mol. The summed E-state index contributed by atoms with van der Waals surface area (Å²) in [4.78, 5) is 12.3. The Morgan fingerprint density at radius 1 is 0.821 bits per heavy atom. The lowest BCUT2D eigenvalue weighted by Gasteiger charge is -2.59. The average Bonchev–Trinajstić information content (AvgIpc) is 3.35. The van der Waals surface area contributed by atoms with E-state index < -0.39 is 16.9 Å². The van der Waals surface area contributed by atoms with Crippen molar-refractivity contribution in [2.45, 2.75) is 187 Å². The molecule has 0 saturated carbocycles. The second kappa shape index (κ2) is 17.3. The van der Waals surface area contributed by atoms with E-state index in [1.54, 1.807) is 0 Å². The predicted molar refractivity (Wildman–Crippen MR) is 158 cm³/mol. The molecule has 2 fully saturated rings. The van der Waals surface area contributed by atoms with Crippen LogP contribution in [0, 0.1) is 5.92 Å². The summed E-state index contributed by atoms with van der Waals surface area (Å²) in [6, 6.07) is 0. The number of rotatable bonds is 20. The monoisotopic (exact) mass is 552 g/mol. The van der Waals surface area contributed by atoms with Crippen molar-refractivity contribution in [1.29, 1.82) is 0 Å². The van der Waals surface area contributed by atoms with Gasteiger partial charge in [0.05, 0.1) is 17.7 Å². The average molecular weight is 553 g/mol. The van der Waals surface area contributed by atoms with Crippen molar-refractivity contribution in [2.24, 2.45) is 5.92 Å². The largest absolute Gasteiger partial charge is 0.463 e. The van der Waals surface area contributed by atoms with E-state index in [0.717, 1.165) is 25.7 Å². The van der Waals surface area contributed by atoms with E-state index in [2.05, 4.69) is 27.7 Å². The molecular formula is C33H62NO5. The molecule has 229 valence electrons. The van der Waals surface area contributed by atoms with Crippen LogP contribution >= 0.6 is 0 Å². The van der Waals surface area contributed by atoms with Crippen LogP contribution in [0.4, 0.5) is 0 Å². The van der Waals surface area contributed by atoms with Crippen molar-refractivity contribution in [3.8, 4) is 0 Å². The quantitative estimate of drug-likeness (QED) is 0.111. The van der Waals surface area contributed by atoms with E-state index in [-0.39, 0.29) is 24.6 Å². The lowest BCUT2D eigenvalue weighted by molar-refractivity contribution is -0.374. The number of ether oxygens (including phenoxy) is 3. The minimum atomic E-state index is -0.804. The van der Waals surface area contributed by atoms with Gasteiger partial charge < -0.3 is 14.2 Å². The van der Waals surface area contributed by atoms with Gasteiger partial charge >= 0.3 is 5.97 Å². The van der Waals surface area contributed by atoms with Gasteiger partial charge in [-0.3, -0.25) is 4.79 Å². The smallest absolute Gasteiger partial charge is 0.305 e. The van der Waals surface area contributed by atoms with E-state index in [9.17, 15) is 10.0 Å². The third-order valence-electron chi connectivity index (χ3n) is 9.95. The van der Waals surface area contributed by atoms with Crippen molar-refractivity contribution in [2.75, 3.05) is 13.2 Å². The van der Waals surface area contributed by atoms with Crippen molar-refractivity contribution >= 4 is 5.97 Å². The predicted octanol–water partition coefficient (Wildman–Crippen LogP) is 8.93. The second-order valence-corrected chi connectivity index (χ2v) is 13.0. The van der Waals surface area contributed by atoms with E-state index >= 15 is 0 Å². The number of carbonyl (C=O) groups excluding carboxylic acids is 1. The standard InChI is InChI=1S/C33H62NO5/c1-7-10-11-12-13-14-15-16-17-18-19-20-21-22-23-24-30(35)37-25-29-26-38-33(39-29)27-31(5,8-2)34(36)32(6,9-3)28(33)4/h28-29H,7-27H2,1-6H3. The Morgan fingerprint density at radius 2 is 1.33 bits per heavy atom. The molecule has 0 aromatic heterocycles. The first kappa shape index (κ1) is 34.5. The third kappa shape index (κ3) is 9.97. The fourth-order valence-electron chi connectivity index (χ4n) is 6.63.